The lowest BCUT2D eigenvalue weighted by atomic mass is 10.1. The summed E-state index contributed by atoms with van der Waals surface area (Å²) >= 11 is 11.7. The summed E-state index contributed by atoms with van der Waals surface area (Å²) in [5, 5.41) is 0.954. The normalized spacial score (nSPS) is 11.3. The van der Waals surface area contributed by atoms with Gasteiger partial charge in [-0.1, -0.05) is 48.5 Å². The second-order valence-electron chi connectivity index (χ2n) is 12.7. The minimum atomic E-state index is -5.24. The van der Waals surface area contributed by atoms with Gasteiger partial charge in [0.1, 0.15) is 24.8 Å². The van der Waals surface area contributed by atoms with Crippen LogP contribution in [0.2, 0.25) is 10.0 Å². The van der Waals surface area contributed by atoms with Gasteiger partial charge < -0.3 is 29.2 Å². The molecule has 3 rings (SSSR count). The number of amides is 1. The van der Waals surface area contributed by atoms with Crippen LogP contribution in [0.1, 0.15) is 60.5 Å². The summed E-state index contributed by atoms with van der Waals surface area (Å²) < 4.78 is 85.4. The van der Waals surface area contributed by atoms with Gasteiger partial charge in [0.25, 0.3) is 5.56 Å². The van der Waals surface area contributed by atoms with Gasteiger partial charge in [0.2, 0.25) is 22.9 Å². The lowest BCUT2D eigenvalue weighted by Gasteiger charge is -2.23. The van der Waals surface area contributed by atoms with Gasteiger partial charge in [-0.2, -0.15) is 13.2 Å². The molecule has 0 saturated heterocycles. The average Bonchev–Trinajstić information content (AvgIpc) is 3.10. The maximum absolute atomic E-state index is 14.4. The maximum Gasteiger partial charge on any atom is 0.450 e. The number of halogens is 7. The molecule has 2 N–H and O–H groups in total. The van der Waals surface area contributed by atoms with Crippen LogP contribution in [-0.2, 0) is 38.1 Å². The standard InChI is InChI=1S/C19H18ClFN2O6.C18H16ClF4NO6/c1-5-6-28-17(26)19(3,4)29-16(25)11-8-14(13(21)9-12(11)20)23-15(24)7-10(2)22-18(23)27;1-4-5-29-16(28)17(2,3)30-15(27)9-6-12(11(20)7-10(9)19)24-14(26)8-13(25)18(21,22)23/h5,7-9H,1,6H2,2-4H3,(H,22,27);4,6-7H,1,5,8H2,2-3H3,(H,24,26). The van der Waals surface area contributed by atoms with E-state index in [9.17, 15) is 60.3 Å². The van der Waals surface area contributed by atoms with Crippen molar-refractivity contribution in [2.24, 2.45) is 0 Å². The number of nitrogens with one attached hydrogen (secondary N) is 2. The number of aromatic amines is 1. The van der Waals surface area contributed by atoms with Crippen molar-refractivity contribution in [1.29, 1.82) is 0 Å². The zero-order valence-corrected chi connectivity index (χ0v) is 33.1. The minimum Gasteiger partial charge on any atom is -0.459 e. The number of esters is 4. The number of aryl methyl sites for hydroxylation is 1. The first-order chi connectivity index (χ1) is 27.2. The molecule has 3 aromatic rings. The largest absolute Gasteiger partial charge is 0.459 e. The smallest absolute Gasteiger partial charge is 0.450 e. The first-order valence-electron chi connectivity index (χ1n) is 16.4. The number of anilines is 1. The lowest BCUT2D eigenvalue weighted by Crippen LogP contribution is -2.39. The molecule has 15 nitrogen and oxygen atoms in total. The van der Waals surface area contributed by atoms with E-state index in [0.717, 1.165) is 18.2 Å². The number of hydrogen-bond acceptors (Lipinski definition) is 12. The molecule has 0 atom stereocenters. The lowest BCUT2D eigenvalue weighted by molar-refractivity contribution is -0.171. The number of alkyl halides is 3. The third kappa shape index (κ3) is 13.5. The van der Waals surface area contributed by atoms with Gasteiger partial charge in [0.15, 0.2) is 0 Å². The maximum atomic E-state index is 14.4. The molecule has 1 amide bonds. The molecule has 0 unspecified atom stereocenters. The summed E-state index contributed by atoms with van der Waals surface area (Å²) in [7, 11) is 0. The second-order valence-corrected chi connectivity index (χ2v) is 13.6. The van der Waals surface area contributed by atoms with Gasteiger partial charge in [-0.3, -0.25) is 14.4 Å². The van der Waals surface area contributed by atoms with Crippen LogP contribution in [0.3, 0.4) is 0 Å². The van der Waals surface area contributed by atoms with Gasteiger partial charge >= 0.3 is 35.7 Å². The number of rotatable bonds is 14. The molecule has 22 heteroatoms. The second kappa shape index (κ2) is 20.0. The van der Waals surface area contributed by atoms with Crippen molar-refractivity contribution >= 4 is 64.5 Å². The Hall–Kier alpha value is -6.15. The molecule has 0 spiro atoms. The summed E-state index contributed by atoms with van der Waals surface area (Å²) in [6, 6.07) is 4.05. The first-order valence-corrected chi connectivity index (χ1v) is 17.2. The number of nitrogens with zero attached hydrogens (tertiary/aromatic N) is 1. The Balaban J connectivity index is 0.000000407. The molecule has 2 aromatic carbocycles. The quantitative estimate of drug-likeness (QED) is 0.0639. The summed E-state index contributed by atoms with van der Waals surface area (Å²) in [4.78, 5) is 97.9. The van der Waals surface area contributed by atoms with Crippen molar-refractivity contribution in [2.45, 2.75) is 58.4 Å². The summed E-state index contributed by atoms with van der Waals surface area (Å²) in [5.41, 5.74) is -6.96. The number of hydrogen-bond donors (Lipinski definition) is 2. The Morgan fingerprint density at radius 2 is 1.24 bits per heavy atom. The molecule has 0 aliphatic carbocycles. The summed E-state index contributed by atoms with van der Waals surface area (Å²) in [6.07, 6.45) is -4.20. The van der Waals surface area contributed by atoms with Crippen molar-refractivity contribution in [3.05, 3.63) is 115 Å². The molecule has 318 valence electrons. The number of H-pyrrole nitrogens is 1. The predicted octanol–water partition coefficient (Wildman–Crippen LogP) is 5.90. The third-order valence-corrected chi connectivity index (χ3v) is 7.72. The monoisotopic (exact) mass is 877 g/mol. The van der Waals surface area contributed by atoms with E-state index in [2.05, 4.69) is 18.1 Å². The van der Waals surface area contributed by atoms with Gasteiger partial charge in [-0.15, -0.1) is 0 Å². The number of ether oxygens (including phenoxy) is 4. The highest BCUT2D eigenvalue weighted by molar-refractivity contribution is 6.34. The molecule has 0 aliphatic heterocycles. The van der Waals surface area contributed by atoms with Crippen LogP contribution in [0.25, 0.3) is 5.69 Å². The van der Waals surface area contributed by atoms with Crippen LogP contribution >= 0.6 is 23.2 Å². The fraction of sp³-hybridized carbons (Fsp3) is 0.297. The number of ketones is 1. The highest BCUT2D eigenvalue weighted by Crippen LogP contribution is 2.28. The third-order valence-electron chi connectivity index (χ3n) is 7.10. The first kappa shape index (κ1) is 49.0. The molecular weight excluding hydrogens is 844 g/mol. The molecule has 59 heavy (non-hydrogen) atoms. The average molecular weight is 879 g/mol. The van der Waals surface area contributed by atoms with Crippen LogP contribution < -0.4 is 16.6 Å². The highest BCUT2D eigenvalue weighted by Gasteiger charge is 2.40. The zero-order valence-electron chi connectivity index (χ0n) is 31.6. The SMILES string of the molecule is C=CCOC(=O)C(C)(C)OC(=O)c1cc(-n2c(=O)cc(C)[nH]c2=O)c(F)cc1Cl.C=CCOC(=O)C(C)(C)OC(=O)c1cc(NC(=O)CC(=O)C(F)(F)F)c(F)cc1Cl. The minimum absolute atomic E-state index is 0.0830. The van der Waals surface area contributed by atoms with Gasteiger partial charge in [0, 0.05) is 11.8 Å². The van der Waals surface area contributed by atoms with Gasteiger partial charge in [-0.05, 0) is 58.9 Å². The Kier molecular flexibility index (Phi) is 16.6. The van der Waals surface area contributed by atoms with Crippen LogP contribution in [0.15, 0.2) is 65.2 Å². The van der Waals surface area contributed by atoms with E-state index in [4.69, 9.17) is 42.1 Å². The molecule has 0 saturated carbocycles. The fourth-order valence-corrected chi connectivity index (χ4v) is 4.67. The number of Topliss-reactive ketones (excluding diaryl/α,β-unsaturated/α-hetero) is 1. The predicted molar refractivity (Wildman–Crippen MR) is 199 cm³/mol. The van der Waals surface area contributed by atoms with E-state index in [1.807, 2.05) is 0 Å². The summed E-state index contributed by atoms with van der Waals surface area (Å²) in [6.45, 7) is 13.0. The molecule has 1 heterocycles. The highest BCUT2D eigenvalue weighted by atomic mass is 35.5. The molecule has 0 bridgehead atoms. The molecule has 1 aromatic heterocycles. The van der Waals surface area contributed by atoms with E-state index < -0.39 is 104 Å². The van der Waals surface area contributed by atoms with E-state index in [1.54, 1.807) is 5.32 Å². The van der Waals surface area contributed by atoms with Crippen molar-refractivity contribution in [2.75, 3.05) is 18.5 Å². The zero-order chi connectivity index (χ0) is 45.2. The fourth-order valence-electron chi connectivity index (χ4n) is 4.22. The molecule has 0 fully saturated rings. The van der Waals surface area contributed by atoms with Crippen molar-refractivity contribution < 1.29 is 69.7 Å². The number of carbonyl (C=O) groups is 6. The van der Waals surface area contributed by atoms with E-state index in [0.29, 0.717) is 16.7 Å². The Bertz CT molecular complexity index is 2270. The molecule has 0 radical (unpaired) electrons. The molecule has 0 aliphatic rings. The van der Waals surface area contributed by atoms with Crippen molar-refractivity contribution in [3.63, 3.8) is 0 Å². The van der Waals surface area contributed by atoms with Gasteiger partial charge in [0.05, 0.1) is 39.0 Å². The van der Waals surface area contributed by atoms with Crippen LogP contribution in [-0.4, -0.2) is 75.7 Å². The Labute approximate surface area is 340 Å². The Morgan fingerprint density at radius 1 is 0.780 bits per heavy atom. The molecular formula is C37H34Cl2F5N3O12. The van der Waals surface area contributed by atoms with E-state index in [-0.39, 0.29) is 29.5 Å². The number of benzene rings is 2. The number of aromatic nitrogens is 2. The number of carbonyl (C=O) groups excluding carboxylic acids is 6. The van der Waals surface area contributed by atoms with E-state index in [1.165, 1.54) is 46.8 Å². The van der Waals surface area contributed by atoms with Crippen molar-refractivity contribution in [1.82, 2.24) is 9.55 Å². The van der Waals surface area contributed by atoms with E-state index >= 15 is 0 Å². The van der Waals surface area contributed by atoms with Crippen LogP contribution in [0.4, 0.5) is 27.6 Å². The van der Waals surface area contributed by atoms with Crippen LogP contribution in [0, 0.1) is 18.6 Å². The Morgan fingerprint density at radius 3 is 1.68 bits per heavy atom. The van der Waals surface area contributed by atoms with Crippen LogP contribution in [0.5, 0.6) is 0 Å². The van der Waals surface area contributed by atoms with Crippen molar-refractivity contribution in [3.8, 4) is 5.69 Å². The topological polar surface area (TPSA) is 206 Å². The summed E-state index contributed by atoms with van der Waals surface area (Å²) in [5.74, 6) is -10.0. The van der Waals surface area contributed by atoms with Gasteiger partial charge in [-0.25, -0.2) is 37.3 Å².